The number of carbonyl (C=O) groups excluding carboxylic acids is 2. The molecule has 18 heavy (non-hydrogen) atoms. The Morgan fingerprint density at radius 2 is 1.83 bits per heavy atom. The molecule has 2 aromatic rings. The molecule has 0 aliphatic carbocycles. The molecule has 0 unspecified atom stereocenters. The first-order valence-electron chi connectivity index (χ1n) is 5.23. The summed E-state index contributed by atoms with van der Waals surface area (Å²) in [6, 6.07) is 3.33. The maximum atomic E-state index is 11.3. The van der Waals surface area contributed by atoms with Gasteiger partial charge in [0.1, 0.15) is 0 Å². The Kier molecular flexibility index (Phi) is 2.15. The summed E-state index contributed by atoms with van der Waals surface area (Å²) in [5.74, 6) is -0.708. The van der Waals surface area contributed by atoms with Crippen LogP contribution >= 0.6 is 0 Å². The maximum absolute atomic E-state index is 11.3. The van der Waals surface area contributed by atoms with Crippen molar-refractivity contribution in [2.75, 3.05) is 23.7 Å². The molecule has 92 valence electrons. The van der Waals surface area contributed by atoms with Crippen LogP contribution in [0.1, 0.15) is 0 Å². The van der Waals surface area contributed by atoms with Crippen molar-refractivity contribution in [3.05, 3.63) is 12.1 Å². The Hall–Kier alpha value is -2.64. The van der Waals surface area contributed by atoms with E-state index in [1.165, 1.54) is 0 Å². The van der Waals surface area contributed by atoms with E-state index in [4.69, 9.17) is 5.73 Å². The van der Waals surface area contributed by atoms with Gasteiger partial charge in [-0.25, -0.2) is 4.63 Å². The summed E-state index contributed by atoms with van der Waals surface area (Å²) in [7, 11) is 0. The number of carbonyl (C=O) groups is 2. The Bertz CT molecular complexity index is 634. The van der Waals surface area contributed by atoms with Gasteiger partial charge in [0.15, 0.2) is 11.0 Å². The summed E-state index contributed by atoms with van der Waals surface area (Å²) in [6.07, 6.45) is 0. The number of imide groups is 1. The van der Waals surface area contributed by atoms with E-state index in [9.17, 15) is 9.59 Å². The van der Waals surface area contributed by atoms with Crippen molar-refractivity contribution in [2.24, 2.45) is 0 Å². The fraction of sp³-hybridized carbons (Fsp3) is 0.200. The van der Waals surface area contributed by atoms with E-state index in [-0.39, 0.29) is 24.9 Å². The largest absolute Gasteiger partial charge is 0.397 e. The van der Waals surface area contributed by atoms with Crippen molar-refractivity contribution in [3.63, 3.8) is 0 Å². The van der Waals surface area contributed by atoms with E-state index < -0.39 is 0 Å². The second kappa shape index (κ2) is 3.69. The Morgan fingerprint density at radius 3 is 2.56 bits per heavy atom. The molecule has 1 saturated heterocycles. The molecular weight excluding hydrogens is 238 g/mol. The summed E-state index contributed by atoms with van der Waals surface area (Å²) >= 11 is 0. The van der Waals surface area contributed by atoms with Crippen molar-refractivity contribution < 1.29 is 14.2 Å². The van der Waals surface area contributed by atoms with E-state index in [1.807, 2.05) is 0 Å². The molecular formula is C10H9N5O3. The molecule has 0 atom stereocenters. The standard InChI is InChI=1S/C10H9N5O3/c11-5-1-2-6(10-9(5)13-18-14-10)15-3-7(16)12-8(17)4-15/h1-2H,3-4,11H2,(H,12,16,17). The Labute approximate surface area is 101 Å². The highest BCUT2D eigenvalue weighted by Crippen LogP contribution is 2.28. The van der Waals surface area contributed by atoms with Gasteiger partial charge in [0, 0.05) is 0 Å². The van der Waals surface area contributed by atoms with Crippen LogP contribution in [-0.2, 0) is 9.59 Å². The lowest BCUT2D eigenvalue weighted by Crippen LogP contribution is -2.51. The normalized spacial score (nSPS) is 16.1. The van der Waals surface area contributed by atoms with Gasteiger partial charge < -0.3 is 10.6 Å². The van der Waals surface area contributed by atoms with E-state index in [0.717, 1.165) is 0 Å². The lowest BCUT2D eigenvalue weighted by Gasteiger charge is -2.27. The zero-order chi connectivity index (χ0) is 12.7. The van der Waals surface area contributed by atoms with Gasteiger partial charge in [0.05, 0.1) is 24.5 Å². The predicted molar refractivity (Wildman–Crippen MR) is 61.6 cm³/mol. The van der Waals surface area contributed by atoms with Crippen LogP contribution in [-0.4, -0.2) is 35.2 Å². The van der Waals surface area contributed by atoms with E-state index in [0.29, 0.717) is 22.4 Å². The molecule has 0 radical (unpaired) electrons. The molecule has 1 fully saturated rings. The van der Waals surface area contributed by atoms with Crippen molar-refractivity contribution in [2.45, 2.75) is 0 Å². The van der Waals surface area contributed by atoms with Crippen LogP contribution in [0.3, 0.4) is 0 Å². The fourth-order valence-electron chi connectivity index (χ4n) is 1.94. The lowest BCUT2D eigenvalue weighted by molar-refractivity contribution is -0.130. The van der Waals surface area contributed by atoms with Crippen molar-refractivity contribution in [1.82, 2.24) is 15.6 Å². The second-order valence-corrected chi connectivity index (χ2v) is 3.96. The molecule has 8 nitrogen and oxygen atoms in total. The summed E-state index contributed by atoms with van der Waals surface area (Å²) in [5.41, 5.74) is 7.62. The highest BCUT2D eigenvalue weighted by Gasteiger charge is 2.25. The van der Waals surface area contributed by atoms with Crippen LogP contribution in [0.4, 0.5) is 11.4 Å². The third-order valence-electron chi connectivity index (χ3n) is 2.71. The molecule has 3 rings (SSSR count). The van der Waals surface area contributed by atoms with Gasteiger partial charge in [-0.1, -0.05) is 0 Å². The van der Waals surface area contributed by atoms with Gasteiger partial charge >= 0.3 is 0 Å². The minimum absolute atomic E-state index is 0.0810. The van der Waals surface area contributed by atoms with Gasteiger partial charge in [0.2, 0.25) is 11.8 Å². The topological polar surface area (TPSA) is 114 Å². The van der Waals surface area contributed by atoms with Gasteiger partial charge in [0.25, 0.3) is 0 Å². The highest BCUT2D eigenvalue weighted by molar-refractivity contribution is 6.05. The van der Waals surface area contributed by atoms with Crippen molar-refractivity contribution in [3.8, 4) is 0 Å². The number of nitrogen functional groups attached to an aromatic ring is 1. The number of benzene rings is 1. The zero-order valence-electron chi connectivity index (χ0n) is 9.21. The van der Waals surface area contributed by atoms with Gasteiger partial charge in [-0.3, -0.25) is 14.9 Å². The lowest BCUT2D eigenvalue weighted by atomic mass is 10.2. The third-order valence-corrected chi connectivity index (χ3v) is 2.71. The zero-order valence-corrected chi connectivity index (χ0v) is 9.21. The fourth-order valence-corrected chi connectivity index (χ4v) is 1.94. The molecule has 2 heterocycles. The first-order chi connectivity index (χ1) is 8.65. The van der Waals surface area contributed by atoms with Crippen LogP contribution in [0.25, 0.3) is 11.0 Å². The summed E-state index contributed by atoms with van der Waals surface area (Å²) in [5, 5.41) is 9.67. The predicted octanol–water partition coefficient (Wildman–Crippen LogP) is -0.732. The van der Waals surface area contributed by atoms with E-state index in [1.54, 1.807) is 17.0 Å². The number of fused-ring (bicyclic) bond motifs is 1. The number of aromatic nitrogens is 2. The van der Waals surface area contributed by atoms with Crippen LogP contribution < -0.4 is 16.0 Å². The molecule has 2 amide bonds. The van der Waals surface area contributed by atoms with Crippen LogP contribution in [0.15, 0.2) is 16.8 Å². The molecule has 1 aromatic carbocycles. The van der Waals surface area contributed by atoms with E-state index >= 15 is 0 Å². The Balaban J connectivity index is 2.09. The van der Waals surface area contributed by atoms with Gasteiger partial charge in [-0.05, 0) is 22.4 Å². The molecule has 0 spiro atoms. The number of piperazine rings is 1. The number of nitrogens with one attached hydrogen (secondary N) is 1. The first-order valence-corrected chi connectivity index (χ1v) is 5.23. The monoisotopic (exact) mass is 247 g/mol. The third kappa shape index (κ3) is 1.54. The minimum Gasteiger partial charge on any atom is -0.397 e. The number of nitrogens with zero attached hydrogens (tertiary/aromatic N) is 3. The molecule has 0 saturated carbocycles. The number of amides is 2. The molecule has 8 heteroatoms. The molecule has 1 aliphatic heterocycles. The van der Waals surface area contributed by atoms with Crippen LogP contribution in [0.2, 0.25) is 0 Å². The number of nitrogens with two attached hydrogens (primary N) is 1. The summed E-state index contributed by atoms with van der Waals surface area (Å²) < 4.78 is 4.64. The highest BCUT2D eigenvalue weighted by atomic mass is 16.6. The molecule has 1 aromatic heterocycles. The number of hydrogen-bond acceptors (Lipinski definition) is 7. The minimum atomic E-state index is -0.354. The SMILES string of the molecule is Nc1ccc(N2CC(=O)NC(=O)C2)c2nonc12. The number of hydrogen-bond donors (Lipinski definition) is 2. The molecule has 3 N–H and O–H groups in total. The van der Waals surface area contributed by atoms with Gasteiger partial charge in [-0.15, -0.1) is 0 Å². The Morgan fingerprint density at radius 1 is 1.17 bits per heavy atom. The quantitative estimate of drug-likeness (QED) is 0.504. The molecule has 0 bridgehead atoms. The van der Waals surface area contributed by atoms with Crippen LogP contribution in [0.5, 0.6) is 0 Å². The first kappa shape index (κ1) is 10.5. The average molecular weight is 247 g/mol. The van der Waals surface area contributed by atoms with Gasteiger partial charge in [-0.2, -0.15) is 0 Å². The number of anilines is 2. The summed E-state index contributed by atoms with van der Waals surface area (Å²) in [6.45, 7) is 0.162. The number of rotatable bonds is 1. The van der Waals surface area contributed by atoms with Crippen molar-refractivity contribution in [1.29, 1.82) is 0 Å². The average Bonchev–Trinajstić information content (AvgIpc) is 2.77. The van der Waals surface area contributed by atoms with Crippen LogP contribution in [0, 0.1) is 0 Å². The second-order valence-electron chi connectivity index (χ2n) is 3.96. The molecule has 1 aliphatic rings. The van der Waals surface area contributed by atoms with E-state index in [2.05, 4.69) is 20.3 Å². The maximum Gasteiger partial charge on any atom is 0.246 e. The smallest absolute Gasteiger partial charge is 0.246 e. The van der Waals surface area contributed by atoms with Crippen molar-refractivity contribution >= 4 is 34.2 Å². The summed E-state index contributed by atoms with van der Waals surface area (Å²) in [4.78, 5) is 24.3.